The maximum atomic E-state index is 12.7. The summed E-state index contributed by atoms with van der Waals surface area (Å²) in [5, 5.41) is 5.91. The number of ether oxygens (including phenoxy) is 1. The molecule has 5 nitrogen and oxygen atoms in total. The number of hydrogen-bond donors (Lipinski definition) is 1. The van der Waals surface area contributed by atoms with Gasteiger partial charge in [0.2, 0.25) is 11.4 Å². The van der Waals surface area contributed by atoms with Crippen molar-refractivity contribution in [2.24, 2.45) is 5.41 Å². The molecule has 0 bridgehead atoms. The number of nitrogens with zero attached hydrogens (tertiary/aromatic N) is 2. The molecule has 0 fully saturated rings. The van der Waals surface area contributed by atoms with Crippen LogP contribution in [0.5, 0.6) is 0 Å². The maximum Gasteiger partial charge on any atom is 0.311 e. The van der Waals surface area contributed by atoms with Gasteiger partial charge in [-0.05, 0) is 150 Å². The second-order valence-electron chi connectivity index (χ2n) is 16.7. The SMILES string of the molecule is CCC(C)(C)C(=O)OCC(C)Nc1ccc(C(=C2C=CC(=[N+](C)c3c(C)cc(C)cc3C)C=C2)c2ccc(N(C)c3c(C)cc(C)cc3C)cc2)c2ccccc12. The number of anilines is 3. The van der Waals surface area contributed by atoms with Gasteiger partial charge in [-0.15, -0.1) is 0 Å². The molecule has 5 heteroatoms. The van der Waals surface area contributed by atoms with E-state index in [-0.39, 0.29) is 12.0 Å². The Labute approximate surface area is 341 Å². The van der Waals surface area contributed by atoms with Gasteiger partial charge in [0.05, 0.1) is 11.5 Å². The van der Waals surface area contributed by atoms with Crippen molar-refractivity contribution in [3.8, 4) is 0 Å². The van der Waals surface area contributed by atoms with Gasteiger partial charge in [0, 0.05) is 52.8 Å². The second kappa shape index (κ2) is 16.8. The van der Waals surface area contributed by atoms with E-state index in [4.69, 9.17) is 4.74 Å². The fourth-order valence-corrected chi connectivity index (χ4v) is 8.33. The summed E-state index contributed by atoms with van der Waals surface area (Å²) < 4.78 is 8.05. The van der Waals surface area contributed by atoms with Crippen molar-refractivity contribution in [1.29, 1.82) is 0 Å². The molecule has 0 radical (unpaired) electrons. The third-order valence-corrected chi connectivity index (χ3v) is 11.5. The Morgan fingerprint density at radius 3 is 1.91 bits per heavy atom. The molecule has 0 saturated heterocycles. The zero-order valence-electron chi connectivity index (χ0n) is 36.1. The Kier molecular flexibility index (Phi) is 12.1. The summed E-state index contributed by atoms with van der Waals surface area (Å²) in [6.45, 7) is 21.3. The lowest BCUT2D eigenvalue weighted by Crippen LogP contribution is -2.30. The zero-order chi connectivity index (χ0) is 41.2. The highest BCUT2D eigenvalue weighted by Crippen LogP contribution is 2.39. The Balaban J connectivity index is 1.43. The van der Waals surface area contributed by atoms with Gasteiger partial charge in [0.15, 0.2) is 0 Å². The Morgan fingerprint density at radius 1 is 0.772 bits per heavy atom. The molecule has 1 atom stereocenters. The largest absolute Gasteiger partial charge is 0.463 e. The Hall–Kier alpha value is -5.68. The summed E-state index contributed by atoms with van der Waals surface area (Å²) in [6, 6.07) is 30.9. The summed E-state index contributed by atoms with van der Waals surface area (Å²) in [5.74, 6) is -0.166. The van der Waals surface area contributed by atoms with Crippen LogP contribution < -0.4 is 10.2 Å². The van der Waals surface area contributed by atoms with Crippen LogP contribution >= 0.6 is 0 Å². The molecule has 5 aromatic rings. The monoisotopic (exact) mass is 758 g/mol. The van der Waals surface area contributed by atoms with Crippen LogP contribution in [-0.2, 0) is 9.53 Å². The Morgan fingerprint density at radius 2 is 1.33 bits per heavy atom. The van der Waals surface area contributed by atoms with E-state index in [0.29, 0.717) is 6.61 Å². The van der Waals surface area contributed by atoms with E-state index in [0.717, 1.165) is 56.6 Å². The fourth-order valence-electron chi connectivity index (χ4n) is 8.33. The molecular formula is C52H60N3O2+. The predicted octanol–water partition coefficient (Wildman–Crippen LogP) is 12.6. The molecule has 0 amide bonds. The summed E-state index contributed by atoms with van der Waals surface area (Å²) in [5.41, 5.74) is 17.5. The van der Waals surface area contributed by atoms with Crippen LogP contribution in [0.1, 0.15) is 78.6 Å². The number of nitrogens with one attached hydrogen (secondary N) is 1. The van der Waals surface area contributed by atoms with E-state index in [9.17, 15) is 4.79 Å². The van der Waals surface area contributed by atoms with Crippen molar-refractivity contribution in [3.05, 3.63) is 159 Å². The topological polar surface area (TPSA) is 44.6 Å². The van der Waals surface area contributed by atoms with E-state index in [1.54, 1.807) is 0 Å². The van der Waals surface area contributed by atoms with E-state index in [2.05, 4.69) is 187 Å². The normalized spacial score (nSPS) is 13.2. The molecule has 1 aliphatic rings. The molecule has 1 N–H and O–H groups in total. The van der Waals surface area contributed by atoms with Gasteiger partial charge in [0.25, 0.3) is 0 Å². The minimum absolute atomic E-state index is 0.0741. The smallest absolute Gasteiger partial charge is 0.311 e. The van der Waals surface area contributed by atoms with Crippen LogP contribution in [0.3, 0.4) is 0 Å². The predicted molar refractivity (Wildman–Crippen MR) is 243 cm³/mol. The van der Waals surface area contributed by atoms with Gasteiger partial charge >= 0.3 is 5.97 Å². The van der Waals surface area contributed by atoms with Crippen LogP contribution in [0, 0.1) is 47.0 Å². The van der Waals surface area contributed by atoms with Crippen LogP contribution in [0.4, 0.5) is 22.7 Å². The number of esters is 1. The summed E-state index contributed by atoms with van der Waals surface area (Å²) >= 11 is 0. The molecule has 0 aromatic heterocycles. The van der Waals surface area contributed by atoms with E-state index >= 15 is 0 Å². The molecule has 0 saturated carbocycles. The first-order valence-electron chi connectivity index (χ1n) is 20.3. The van der Waals surface area contributed by atoms with Crippen molar-refractivity contribution in [3.63, 3.8) is 0 Å². The van der Waals surface area contributed by atoms with Crippen molar-refractivity contribution < 1.29 is 14.1 Å². The molecule has 6 rings (SSSR count). The minimum Gasteiger partial charge on any atom is -0.463 e. The van der Waals surface area contributed by atoms with Gasteiger partial charge in [-0.1, -0.05) is 72.6 Å². The Bertz CT molecular complexity index is 2400. The fraction of sp³-hybridized carbons (Fsp3) is 0.308. The molecule has 0 heterocycles. The lowest BCUT2D eigenvalue weighted by atomic mass is 9.87. The second-order valence-corrected chi connectivity index (χ2v) is 16.7. The van der Waals surface area contributed by atoms with Crippen molar-refractivity contribution in [1.82, 2.24) is 0 Å². The van der Waals surface area contributed by atoms with Crippen LogP contribution in [0.2, 0.25) is 0 Å². The van der Waals surface area contributed by atoms with Gasteiger partial charge in [0.1, 0.15) is 13.7 Å². The van der Waals surface area contributed by atoms with Gasteiger partial charge < -0.3 is 15.0 Å². The molecule has 1 unspecified atom stereocenters. The quantitative estimate of drug-likeness (QED) is 0.108. The average molecular weight is 759 g/mol. The molecule has 57 heavy (non-hydrogen) atoms. The van der Waals surface area contributed by atoms with Crippen LogP contribution in [-0.4, -0.2) is 43.0 Å². The van der Waals surface area contributed by atoms with Crippen LogP contribution in [0.15, 0.2) is 115 Å². The van der Waals surface area contributed by atoms with Gasteiger partial charge in [-0.25, -0.2) is 0 Å². The van der Waals surface area contributed by atoms with E-state index in [1.807, 2.05) is 20.8 Å². The highest BCUT2D eigenvalue weighted by molar-refractivity contribution is 6.08. The first-order valence-corrected chi connectivity index (χ1v) is 20.3. The van der Waals surface area contributed by atoms with Crippen LogP contribution in [0.25, 0.3) is 16.3 Å². The number of rotatable bonds is 11. The number of hydrogen-bond acceptors (Lipinski definition) is 4. The number of carbonyl (C=O) groups is 1. The number of allylic oxidation sites excluding steroid dienone is 5. The summed E-state index contributed by atoms with van der Waals surface area (Å²) in [7, 11) is 4.31. The molecule has 294 valence electrons. The van der Waals surface area contributed by atoms with E-state index < -0.39 is 5.41 Å². The first kappa shape index (κ1) is 41.0. The molecule has 5 aromatic carbocycles. The minimum atomic E-state index is -0.501. The average Bonchev–Trinajstić information content (AvgIpc) is 3.17. The van der Waals surface area contributed by atoms with Gasteiger partial charge in [-0.3, -0.25) is 4.79 Å². The number of benzene rings is 5. The number of fused-ring (bicyclic) bond motifs is 1. The molecule has 0 spiro atoms. The lowest BCUT2D eigenvalue weighted by molar-refractivity contribution is -0.404. The number of carbonyl (C=O) groups excluding carboxylic acids is 1. The van der Waals surface area contributed by atoms with Crippen molar-refractivity contribution >= 4 is 50.8 Å². The van der Waals surface area contributed by atoms with E-state index in [1.165, 1.54) is 44.8 Å². The molecular weight excluding hydrogens is 699 g/mol. The summed E-state index contributed by atoms with van der Waals surface area (Å²) in [6.07, 6.45) is 9.72. The standard InChI is InChI=1S/C52H59N3O2/c1-13-52(9,10)51(56)57-32-39(8)53-47-27-26-46(44-16-14-15-17-45(44)47)48(40-18-22-42(23-19-40)54(11)49-35(4)28-33(2)29-36(49)5)41-20-24-43(25-21-41)55(12)50-37(6)30-34(3)31-38(50)7/h14-31,39H,13,32H2,1-12H3/p+1. The number of aryl methyl sites for hydroxylation is 6. The third-order valence-electron chi connectivity index (χ3n) is 11.5. The van der Waals surface area contributed by atoms with Crippen molar-refractivity contribution in [2.75, 3.05) is 30.9 Å². The maximum absolute atomic E-state index is 12.7. The third kappa shape index (κ3) is 8.68. The van der Waals surface area contributed by atoms with Crippen molar-refractivity contribution in [2.45, 2.75) is 81.7 Å². The zero-order valence-corrected chi connectivity index (χ0v) is 36.1. The summed E-state index contributed by atoms with van der Waals surface area (Å²) in [4.78, 5) is 15.0. The first-order chi connectivity index (χ1) is 27.1. The molecule has 0 aliphatic heterocycles. The highest BCUT2D eigenvalue weighted by Gasteiger charge is 2.28. The van der Waals surface area contributed by atoms with Gasteiger partial charge in [-0.2, -0.15) is 4.58 Å². The highest BCUT2D eigenvalue weighted by atomic mass is 16.5. The molecule has 1 aliphatic carbocycles. The lowest BCUT2D eigenvalue weighted by Gasteiger charge is -2.25.